The fourth-order valence-electron chi connectivity index (χ4n) is 2.24. The zero-order valence-electron chi connectivity index (χ0n) is 12.1. The normalized spacial score (nSPS) is 13.3. The maximum absolute atomic E-state index is 13.8. The van der Waals surface area contributed by atoms with Gasteiger partial charge >= 0.3 is 0 Å². The van der Waals surface area contributed by atoms with Crippen LogP contribution in [0.15, 0.2) is 30.3 Å². The van der Waals surface area contributed by atoms with Crippen molar-refractivity contribution in [3.05, 3.63) is 47.5 Å². The molecule has 0 amide bonds. The van der Waals surface area contributed by atoms with Gasteiger partial charge in [-0.25, -0.2) is 17.2 Å². The third-order valence-corrected chi connectivity index (χ3v) is 3.79. The van der Waals surface area contributed by atoms with Crippen molar-refractivity contribution >= 4 is 15.7 Å². The lowest BCUT2D eigenvalue weighted by Gasteiger charge is -2.14. The Labute approximate surface area is 131 Å². The van der Waals surface area contributed by atoms with Gasteiger partial charge in [-0.2, -0.15) is 0 Å². The van der Waals surface area contributed by atoms with E-state index in [1.54, 1.807) is 6.07 Å². The Morgan fingerprint density at radius 3 is 2.65 bits per heavy atom. The second-order valence-corrected chi connectivity index (χ2v) is 6.85. The van der Waals surface area contributed by atoms with E-state index in [1.165, 1.54) is 6.07 Å². The van der Waals surface area contributed by atoms with Crippen LogP contribution in [0.4, 0.5) is 14.5 Å². The topological polar surface area (TPSA) is 64.6 Å². The summed E-state index contributed by atoms with van der Waals surface area (Å²) >= 11 is 0. The highest BCUT2D eigenvalue weighted by Gasteiger charge is 2.20. The second-order valence-electron chi connectivity index (χ2n) is 5.11. The molecule has 0 aliphatic carbocycles. The van der Waals surface area contributed by atoms with Crippen molar-refractivity contribution in [3.8, 4) is 17.2 Å². The van der Waals surface area contributed by atoms with Crippen LogP contribution in [0.1, 0.15) is 5.56 Å². The van der Waals surface area contributed by atoms with Crippen LogP contribution in [0.2, 0.25) is 0 Å². The van der Waals surface area contributed by atoms with Crippen LogP contribution in [0.3, 0.4) is 0 Å². The number of rotatable bonds is 4. The monoisotopic (exact) mass is 341 g/mol. The van der Waals surface area contributed by atoms with Gasteiger partial charge in [0.1, 0.15) is 11.6 Å². The van der Waals surface area contributed by atoms with Gasteiger partial charge < -0.3 is 9.47 Å². The highest BCUT2D eigenvalue weighted by Crippen LogP contribution is 2.39. The number of benzene rings is 2. The molecule has 0 unspecified atom stereocenters. The van der Waals surface area contributed by atoms with Crippen molar-refractivity contribution in [3.63, 3.8) is 0 Å². The molecule has 0 atom stereocenters. The first-order valence-corrected chi connectivity index (χ1v) is 8.61. The molecule has 1 N–H and O–H groups in total. The van der Waals surface area contributed by atoms with Crippen molar-refractivity contribution in [1.82, 2.24) is 0 Å². The summed E-state index contributed by atoms with van der Waals surface area (Å²) in [5.74, 6) is -1.16. The van der Waals surface area contributed by atoms with E-state index < -0.39 is 21.7 Å². The molecule has 0 saturated heterocycles. The lowest BCUT2D eigenvalue weighted by Crippen LogP contribution is -2.10. The number of ether oxygens (including phenoxy) is 2. The summed E-state index contributed by atoms with van der Waals surface area (Å²) in [7, 11) is -3.57. The molecule has 1 heterocycles. The van der Waals surface area contributed by atoms with Gasteiger partial charge in [-0.1, -0.05) is 0 Å². The molecule has 0 radical (unpaired) electrons. The highest BCUT2D eigenvalue weighted by molar-refractivity contribution is 7.92. The minimum atomic E-state index is -3.57. The van der Waals surface area contributed by atoms with Crippen LogP contribution in [0, 0.1) is 11.6 Å². The Morgan fingerprint density at radius 2 is 1.96 bits per heavy atom. The maximum Gasteiger partial charge on any atom is 0.229 e. The first-order valence-electron chi connectivity index (χ1n) is 6.72. The number of hydrogen-bond acceptors (Lipinski definition) is 4. The zero-order chi connectivity index (χ0) is 16.6. The summed E-state index contributed by atoms with van der Waals surface area (Å²) in [6.45, 7) is 0.474. The van der Waals surface area contributed by atoms with E-state index in [4.69, 9.17) is 9.47 Å². The minimum Gasteiger partial charge on any atom is -0.493 e. The highest BCUT2D eigenvalue weighted by atomic mass is 32.2. The van der Waals surface area contributed by atoms with E-state index in [2.05, 4.69) is 4.72 Å². The molecule has 5 nitrogen and oxygen atoms in total. The number of nitrogens with one attached hydrogen (secondary N) is 1. The number of hydrogen-bond donors (Lipinski definition) is 1. The van der Waals surface area contributed by atoms with Crippen molar-refractivity contribution in [2.45, 2.75) is 6.42 Å². The third kappa shape index (κ3) is 3.53. The van der Waals surface area contributed by atoms with Crippen molar-refractivity contribution < 1.29 is 26.7 Å². The number of sulfonamides is 1. The van der Waals surface area contributed by atoms with Gasteiger partial charge in [-0.3, -0.25) is 4.72 Å². The van der Waals surface area contributed by atoms with E-state index in [0.717, 1.165) is 24.0 Å². The molecular weight excluding hydrogens is 328 g/mol. The van der Waals surface area contributed by atoms with Gasteiger partial charge in [0.25, 0.3) is 0 Å². The van der Waals surface area contributed by atoms with Gasteiger partial charge in [0, 0.05) is 24.1 Å². The van der Waals surface area contributed by atoms with Crippen molar-refractivity contribution in [2.24, 2.45) is 0 Å². The summed E-state index contributed by atoms with van der Waals surface area (Å²) in [5.41, 5.74) is 0.943. The zero-order valence-corrected chi connectivity index (χ0v) is 12.9. The molecular formula is C15H13F2NO4S. The Bertz CT molecular complexity index is 868. The molecule has 1 aliphatic rings. The SMILES string of the molecule is CS(=O)(=O)Nc1cc2c(cc1Oc1ccc(F)cc1F)CCO2. The number of halogens is 2. The van der Waals surface area contributed by atoms with E-state index >= 15 is 0 Å². The Hall–Kier alpha value is -2.35. The Kier molecular flexibility index (Phi) is 3.85. The Morgan fingerprint density at radius 1 is 1.17 bits per heavy atom. The number of anilines is 1. The molecule has 0 spiro atoms. The molecule has 8 heteroatoms. The van der Waals surface area contributed by atoms with Crippen LogP contribution < -0.4 is 14.2 Å². The fraction of sp³-hybridized carbons (Fsp3) is 0.200. The van der Waals surface area contributed by atoms with Crippen LogP contribution in [-0.4, -0.2) is 21.3 Å². The van der Waals surface area contributed by atoms with Gasteiger partial charge in [0.2, 0.25) is 10.0 Å². The molecule has 2 aromatic carbocycles. The molecule has 3 rings (SSSR count). The van der Waals surface area contributed by atoms with Crippen LogP contribution in [0.5, 0.6) is 17.2 Å². The van der Waals surface area contributed by atoms with Crippen LogP contribution in [-0.2, 0) is 16.4 Å². The molecule has 0 saturated carbocycles. The summed E-state index contributed by atoms with van der Waals surface area (Å²) in [6, 6.07) is 5.95. The lowest BCUT2D eigenvalue weighted by molar-refractivity contribution is 0.357. The minimum absolute atomic E-state index is 0.116. The molecule has 122 valence electrons. The summed E-state index contributed by atoms with van der Waals surface area (Å²) in [4.78, 5) is 0. The third-order valence-electron chi connectivity index (χ3n) is 3.20. The standard InChI is InChI=1S/C15H13F2NO4S/c1-23(19,20)18-12-8-14-9(4-5-21-14)6-15(12)22-13-3-2-10(16)7-11(13)17/h2-3,6-8,18H,4-5H2,1H3. The average Bonchev–Trinajstić information content (AvgIpc) is 2.87. The van der Waals surface area contributed by atoms with Gasteiger partial charge in [-0.05, 0) is 18.2 Å². The first-order chi connectivity index (χ1) is 10.8. The summed E-state index contributed by atoms with van der Waals surface area (Å²) in [6.07, 6.45) is 1.63. The molecule has 0 aromatic heterocycles. The largest absolute Gasteiger partial charge is 0.493 e. The van der Waals surface area contributed by atoms with Gasteiger partial charge in [0.05, 0.1) is 18.6 Å². The maximum atomic E-state index is 13.8. The van der Waals surface area contributed by atoms with E-state index in [1.807, 2.05) is 0 Å². The van der Waals surface area contributed by atoms with E-state index in [0.29, 0.717) is 24.8 Å². The summed E-state index contributed by atoms with van der Waals surface area (Å²) in [5, 5.41) is 0. The lowest BCUT2D eigenvalue weighted by atomic mass is 10.1. The fourth-order valence-corrected chi connectivity index (χ4v) is 2.80. The molecule has 23 heavy (non-hydrogen) atoms. The smallest absolute Gasteiger partial charge is 0.229 e. The van der Waals surface area contributed by atoms with Gasteiger partial charge in [-0.15, -0.1) is 0 Å². The van der Waals surface area contributed by atoms with Gasteiger partial charge in [0.15, 0.2) is 17.3 Å². The predicted molar refractivity (Wildman–Crippen MR) is 80.5 cm³/mol. The molecule has 0 bridgehead atoms. The second kappa shape index (κ2) is 5.69. The van der Waals surface area contributed by atoms with Crippen molar-refractivity contribution in [2.75, 3.05) is 17.6 Å². The van der Waals surface area contributed by atoms with E-state index in [-0.39, 0.29) is 17.2 Å². The van der Waals surface area contributed by atoms with E-state index in [9.17, 15) is 17.2 Å². The molecule has 2 aromatic rings. The Balaban J connectivity index is 2.02. The predicted octanol–water partition coefficient (Wildman–Crippen LogP) is 3.06. The average molecular weight is 341 g/mol. The van der Waals surface area contributed by atoms with Crippen LogP contribution >= 0.6 is 0 Å². The number of fused-ring (bicyclic) bond motifs is 1. The molecule has 0 fully saturated rings. The first kappa shape index (κ1) is 15.5. The van der Waals surface area contributed by atoms with Crippen LogP contribution in [0.25, 0.3) is 0 Å². The summed E-state index contributed by atoms with van der Waals surface area (Å²) < 4.78 is 62.8. The molecule has 1 aliphatic heterocycles. The van der Waals surface area contributed by atoms with Crippen molar-refractivity contribution in [1.29, 1.82) is 0 Å². The quantitative estimate of drug-likeness (QED) is 0.928.